The van der Waals surface area contributed by atoms with Crippen LogP contribution < -0.4 is 0 Å². The van der Waals surface area contributed by atoms with Crippen LogP contribution in [0.4, 0.5) is 0 Å². The Labute approximate surface area is 73.1 Å². The number of hydrogen-bond donors (Lipinski definition) is 1. The van der Waals surface area contributed by atoms with Gasteiger partial charge in [-0.3, -0.25) is 0 Å². The summed E-state index contributed by atoms with van der Waals surface area (Å²) in [4.78, 5) is 15.3. The number of thiophene rings is 1. The second kappa shape index (κ2) is 4.50. The van der Waals surface area contributed by atoms with E-state index in [4.69, 9.17) is 5.11 Å². The number of rotatable bonds is 4. The van der Waals surface area contributed by atoms with Gasteiger partial charge in [0.15, 0.2) is 0 Å². The predicted octanol–water partition coefficient (Wildman–Crippen LogP) is 1.18. The molecule has 0 aliphatic heterocycles. The van der Waals surface area contributed by atoms with Crippen LogP contribution in [0.15, 0.2) is 22.7 Å². The summed E-state index contributed by atoms with van der Waals surface area (Å²) in [6.45, 7) is -0.401. The first-order chi connectivity index (χ1) is 5.79. The lowest BCUT2D eigenvalue weighted by Crippen LogP contribution is -2.03. The quantitative estimate of drug-likeness (QED) is 0.566. The molecule has 1 aromatic rings. The fourth-order valence-corrected chi connectivity index (χ4v) is 1.12. The minimum absolute atomic E-state index is 0.401. The lowest BCUT2D eigenvalue weighted by molar-refractivity contribution is -0.142. The van der Waals surface area contributed by atoms with Gasteiger partial charge in [0.25, 0.3) is 0 Å². The van der Waals surface area contributed by atoms with Crippen molar-refractivity contribution in [3.8, 4) is 0 Å². The van der Waals surface area contributed by atoms with Crippen molar-refractivity contribution >= 4 is 23.5 Å². The molecule has 0 amide bonds. The van der Waals surface area contributed by atoms with E-state index in [1.807, 2.05) is 17.5 Å². The molecule has 12 heavy (non-hydrogen) atoms. The molecule has 0 unspecified atom stereocenters. The summed E-state index contributed by atoms with van der Waals surface area (Å²) in [6.07, 6.45) is 1.48. The Morgan fingerprint density at radius 2 is 2.67 bits per heavy atom. The maximum absolute atomic E-state index is 9.96. The van der Waals surface area contributed by atoms with E-state index in [1.54, 1.807) is 0 Å². The van der Waals surface area contributed by atoms with Gasteiger partial charge in [0.2, 0.25) is 6.61 Å². The smallest absolute Gasteiger partial charge is 0.344 e. The van der Waals surface area contributed by atoms with E-state index in [-0.39, 0.29) is 0 Å². The highest BCUT2D eigenvalue weighted by molar-refractivity contribution is 7.11. The Balaban J connectivity index is 2.27. The van der Waals surface area contributed by atoms with Crippen LogP contribution in [0.2, 0.25) is 0 Å². The zero-order valence-corrected chi connectivity index (χ0v) is 6.95. The van der Waals surface area contributed by atoms with Crippen molar-refractivity contribution in [3.05, 3.63) is 22.4 Å². The number of carboxylic acids is 1. The lowest BCUT2D eigenvalue weighted by atomic mass is 10.5. The Morgan fingerprint density at radius 1 is 1.83 bits per heavy atom. The SMILES string of the molecule is O=C(O)CON=Cc1cccs1. The van der Waals surface area contributed by atoms with Crippen LogP contribution in [-0.2, 0) is 9.63 Å². The van der Waals surface area contributed by atoms with Crippen LogP contribution >= 0.6 is 11.3 Å². The second-order valence-electron chi connectivity index (χ2n) is 1.92. The van der Waals surface area contributed by atoms with Crippen LogP contribution in [0.1, 0.15) is 4.88 Å². The number of carboxylic acid groups (broad SMARTS) is 1. The molecule has 5 heteroatoms. The van der Waals surface area contributed by atoms with Crippen molar-refractivity contribution in [1.29, 1.82) is 0 Å². The van der Waals surface area contributed by atoms with Crippen LogP contribution in [-0.4, -0.2) is 23.9 Å². The summed E-state index contributed by atoms with van der Waals surface area (Å²) in [5, 5.41) is 13.5. The van der Waals surface area contributed by atoms with Crippen LogP contribution in [0.25, 0.3) is 0 Å². The molecule has 0 aliphatic rings. The van der Waals surface area contributed by atoms with E-state index in [0.29, 0.717) is 0 Å². The molecule has 0 spiro atoms. The van der Waals surface area contributed by atoms with Gasteiger partial charge in [0.1, 0.15) is 0 Å². The molecule has 1 rings (SSSR count). The number of carbonyl (C=O) groups is 1. The highest BCUT2D eigenvalue weighted by Crippen LogP contribution is 2.04. The largest absolute Gasteiger partial charge is 0.479 e. The summed E-state index contributed by atoms with van der Waals surface area (Å²) in [6, 6.07) is 3.74. The van der Waals surface area contributed by atoms with Gasteiger partial charge < -0.3 is 9.94 Å². The molecule has 4 nitrogen and oxygen atoms in total. The van der Waals surface area contributed by atoms with E-state index in [0.717, 1.165) is 4.88 Å². The molecule has 0 saturated heterocycles. The summed E-state index contributed by atoms with van der Waals surface area (Å²) in [5.74, 6) is -1.03. The zero-order chi connectivity index (χ0) is 8.81. The molecular weight excluding hydrogens is 178 g/mol. The topological polar surface area (TPSA) is 58.9 Å². The number of hydrogen-bond acceptors (Lipinski definition) is 4. The average Bonchev–Trinajstić information content (AvgIpc) is 2.49. The fourth-order valence-electron chi connectivity index (χ4n) is 0.546. The van der Waals surface area contributed by atoms with Crippen LogP contribution in [0, 0.1) is 0 Å². The number of oxime groups is 1. The molecule has 64 valence electrons. The standard InChI is InChI=1S/C7H7NO3S/c9-7(10)5-11-8-4-6-2-1-3-12-6/h1-4H,5H2,(H,9,10). The van der Waals surface area contributed by atoms with E-state index in [1.165, 1.54) is 17.6 Å². The molecule has 1 heterocycles. The van der Waals surface area contributed by atoms with E-state index in [2.05, 4.69) is 9.99 Å². The fraction of sp³-hybridized carbons (Fsp3) is 0.143. The third-order valence-electron chi connectivity index (χ3n) is 0.986. The Bertz CT molecular complexity index is 268. The molecule has 0 fully saturated rings. The Morgan fingerprint density at radius 3 is 3.25 bits per heavy atom. The van der Waals surface area contributed by atoms with Crippen molar-refractivity contribution in [2.24, 2.45) is 5.16 Å². The molecule has 1 N–H and O–H groups in total. The van der Waals surface area contributed by atoms with Gasteiger partial charge >= 0.3 is 5.97 Å². The maximum atomic E-state index is 9.96. The van der Waals surface area contributed by atoms with E-state index < -0.39 is 12.6 Å². The zero-order valence-electron chi connectivity index (χ0n) is 6.14. The van der Waals surface area contributed by atoms with Crippen LogP contribution in [0.3, 0.4) is 0 Å². The Hall–Kier alpha value is -1.36. The highest BCUT2D eigenvalue weighted by atomic mass is 32.1. The van der Waals surface area contributed by atoms with Crippen molar-refractivity contribution in [2.45, 2.75) is 0 Å². The molecule has 0 aromatic carbocycles. The average molecular weight is 185 g/mol. The van der Waals surface area contributed by atoms with Crippen molar-refractivity contribution < 1.29 is 14.7 Å². The van der Waals surface area contributed by atoms with Gasteiger partial charge in [-0.15, -0.1) is 11.3 Å². The summed E-state index contributed by atoms with van der Waals surface area (Å²) in [5.41, 5.74) is 0. The van der Waals surface area contributed by atoms with Crippen molar-refractivity contribution in [3.63, 3.8) is 0 Å². The molecule has 0 bridgehead atoms. The molecule has 0 aliphatic carbocycles. The number of nitrogens with zero attached hydrogens (tertiary/aromatic N) is 1. The molecule has 0 saturated carbocycles. The first kappa shape index (κ1) is 8.73. The lowest BCUT2D eigenvalue weighted by Gasteiger charge is -1.90. The molecule has 0 radical (unpaired) electrons. The first-order valence-corrected chi connectivity index (χ1v) is 4.07. The first-order valence-electron chi connectivity index (χ1n) is 3.19. The maximum Gasteiger partial charge on any atom is 0.344 e. The van der Waals surface area contributed by atoms with E-state index >= 15 is 0 Å². The second-order valence-corrected chi connectivity index (χ2v) is 2.90. The van der Waals surface area contributed by atoms with Gasteiger partial charge in [0, 0.05) is 4.88 Å². The Kier molecular flexibility index (Phi) is 3.28. The van der Waals surface area contributed by atoms with Crippen molar-refractivity contribution in [2.75, 3.05) is 6.61 Å². The number of aliphatic carboxylic acids is 1. The van der Waals surface area contributed by atoms with E-state index in [9.17, 15) is 4.79 Å². The minimum Gasteiger partial charge on any atom is -0.479 e. The molecular formula is C7H7NO3S. The van der Waals surface area contributed by atoms with Crippen LogP contribution in [0.5, 0.6) is 0 Å². The van der Waals surface area contributed by atoms with Gasteiger partial charge in [-0.1, -0.05) is 11.2 Å². The van der Waals surface area contributed by atoms with Gasteiger partial charge in [-0.2, -0.15) is 0 Å². The molecule has 1 aromatic heterocycles. The minimum atomic E-state index is -1.03. The van der Waals surface area contributed by atoms with Gasteiger partial charge in [-0.05, 0) is 11.4 Å². The summed E-state index contributed by atoms with van der Waals surface area (Å²) < 4.78 is 0. The van der Waals surface area contributed by atoms with Gasteiger partial charge in [0.05, 0.1) is 6.21 Å². The summed E-state index contributed by atoms with van der Waals surface area (Å²) in [7, 11) is 0. The highest BCUT2D eigenvalue weighted by Gasteiger charge is 1.93. The third-order valence-corrected chi connectivity index (χ3v) is 1.79. The normalized spacial score (nSPS) is 10.3. The molecule has 0 atom stereocenters. The third kappa shape index (κ3) is 3.16. The predicted molar refractivity (Wildman–Crippen MR) is 45.5 cm³/mol. The van der Waals surface area contributed by atoms with Crippen molar-refractivity contribution in [1.82, 2.24) is 0 Å². The monoisotopic (exact) mass is 185 g/mol. The summed E-state index contributed by atoms with van der Waals surface area (Å²) >= 11 is 1.51. The van der Waals surface area contributed by atoms with Gasteiger partial charge in [-0.25, -0.2) is 4.79 Å².